The minimum absolute atomic E-state index is 0.0810. The van der Waals surface area contributed by atoms with E-state index < -0.39 is 7.60 Å². The fourth-order valence-electron chi connectivity index (χ4n) is 0.952. The third kappa shape index (κ3) is 8.60. The molecule has 0 aromatic carbocycles. The normalized spacial score (nSPS) is 16.8. The van der Waals surface area contributed by atoms with Crippen LogP contribution in [0, 0.1) is 0 Å². The highest BCUT2D eigenvalue weighted by Crippen LogP contribution is 2.43. The fraction of sp³-hybridized carbons (Fsp3) is 0.889. The van der Waals surface area contributed by atoms with E-state index in [0.29, 0.717) is 19.4 Å². The summed E-state index contributed by atoms with van der Waals surface area (Å²) in [5.41, 5.74) is 0. The average molecular weight is 237 g/mol. The molecule has 2 N–H and O–H groups in total. The maximum Gasteiger partial charge on any atom is 0.328 e. The minimum Gasteiger partial charge on any atom is -0.356 e. The van der Waals surface area contributed by atoms with E-state index in [1.54, 1.807) is 6.92 Å². The number of carbonyl (C=O) groups is 1. The standard InChI is InChI=1S/C9H20NO4P/c1-4-8(2)14-15(12,13)7-5-6-10-9(3)11/h8H,4-7H2,1-3H3,(H,10,11)(H,12,13). The van der Waals surface area contributed by atoms with Gasteiger partial charge in [0, 0.05) is 13.5 Å². The Hall–Kier alpha value is -0.380. The SMILES string of the molecule is CCC(C)OP(=O)(O)CCCNC(C)=O. The van der Waals surface area contributed by atoms with E-state index in [0.717, 1.165) is 0 Å². The molecular weight excluding hydrogens is 217 g/mol. The van der Waals surface area contributed by atoms with Crippen molar-refractivity contribution < 1.29 is 18.8 Å². The van der Waals surface area contributed by atoms with Gasteiger partial charge in [-0.25, -0.2) is 0 Å². The van der Waals surface area contributed by atoms with E-state index in [9.17, 15) is 14.3 Å². The van der Waals surface area contributed by atoms with Crippen molar-refractivity contribution in [1.82, 2.24) is 5.32 Å². The Kier molecular flexibility index (Phi) is 6.81. The lowest BCUT2D eigenvalue weighted by Gasteiger charge is -2.16. The number of nitrogens with one attached hydrogen (secondary N) is 1. The monoisotopic (exact) mass is 237 g/mol. The lowest BCUT2D eigenvalue weighted by molar-refractivity contribution is -0.118. The van der Waals surface area contributed by atoms with Crippen LogP contribution in [-0.4, -0.2) is 29.6 Å². The summed E-state index contributed by atoms with van der Waals surface area (Å²) in [6, 6.07) is 0. The Labute approximate surface area is 90.7 Å². The van der Waals surface area contributed by atoms with Crippen LogP contribution >= 0.6 is 7.60 Å². The quantitative estimate of drug-likeness (QED) is 0.520. The third-order valence-corrected chi connectivity index (χ3v) is 3.48. The van der Waals surface area contributed by atoms with E-state index in [1.165, 1.54) is 6.92 Å². The lowest BCUT2D eigenvalue weighted by atomic mass is 10.3. The van der Waals surface area contributed by atoms with Crippen LogP contribution in [0.25, 0.3) is 0 Å². The molecule has 0 radical (unpaired) electrons. The van der Waals surface area contributed by atoms with Gasteiger partial charge in [-0.3, -0.25) is 9.36 Å². The first-order valence-electron chi connectivity index (χ1n) is 5.12. The molecule has 0 saturated carbocycles. The average Bonchev–Trinajstić information content (AvgIpc) is 2.11. The second kappa shape index (κ2) is 6.99. The van der Waals surface area contributed by atoms with Gasteiger partial charge >= 0.3 is 7.60 Å². The first-order chi connectivity index (χ1) is 6.87. The van der Waals surface area contributed by atoms with E-state index >= 15 is 0 Å². The predicted octanol–water partition coefficient (Wildman–Crippen LogP) is 1.51. The summed E-state index contributed by atoms with van der Waals surface area (Å²) in [4.78, 5) is 19.9. The number of amides is 1. The van der Waals surface area contributed by atoms with Crippen molar-refractivity contribution >= 4 is 13.5 Å². The van der Waals surface area contributed by atoms with Gasteiger partial charge in [0.1, 0.15) is 0 Å². The van der Waals surface area contributed by atoms with Gasteiger partial charge in [0.2, 0.25) is 5.91 Å². The maximum atomic E-state index is 11.4. The molecule has 0 aromatic heterocycles. The zero-order chi connectivity index (χ0) is 11.9. The Morgan fingerprint density at radius 1 is 1.60 bits per heavy atom. The van der Waals surface area contributed by atoms with Crippen molar-refractivity contribution in [3.63, 3.8) is 0 Å². The smallest absolute Gasteiger partial charge is 0.328 e. The number of hydrogen-bond acceptors (Lipinski definition) is 3. The van der Waals surface area contributed by atoms with Gasteiger partial charge in [-0.2, -0.15) is 0 Å². The van der Waals surface area contributed by atoms with Crippen LogP contribution < -0.4 is 5.32 Å². The molecular formula is C9H20NO4P. The van der Waals surface area contributed by atoms with Crippen LogP contribution in [0.5, 0.6) is 0 Å². The largest absolute Gasteiger partial charge is 0.356 e. The molecule has 0 aliphatic heterocycles. The van der Waals surface area contributed by atoms with Crippen molar-refractivity contribution in [1.29, 1.82) is 0 Å². The molecule has 15 heavy (non-hydrogen) atoms. The molecule has 1 amide bonds. The summed E-state index contributed by atoms with van der Waals surface area (Å²) in [5, 5.41) is 2.56. The summed E-state index contributed by atoms with van der Waals surface area (Å²) in [6.07, 6.45) is 1.03. The molecule has 90 valence electrons. The summed E-state index contributed by atoms with van der Waals surface area (Å²) in [5.74, 6) is -0.134. The number of carbonyl (C=O) groups excluding carboxylic acids is 1. The van der Waals surface area contributed by atoms with E-state index in [4.69, 9.17) is 4.52 Å². The Bertz CT molecular complexity index is 244. The van der Waals surface area contributed by atoms with Crippen LogP contribution in [0.4, 0.5) is 0 Å². The summed E-state index contributed by atoms with van der Waals surface area (Å²) >= 11 is 0. The molecule has 2 unspecified atom stereocenters. The molecule has 6 heteroatoms. The second-order valence-electron chi connectivity index (χ2n) is 3.52. The molecule has 0 bridgehead atoms. The molecule has 0 aromatic rings. The predicted molar refractivity (Wildman–Crippen MR) is 58.8 cm³/mol. The number of rotatable bonds is 7. The van der Waals surface area contributed by atoms with Crippen LogP contribution in [-0.2, 0) is 13.9 Å². The molecule has 2 atom stereocenters. The van der Waals surface area contributed by atoms with Crippen LogP contribution in [0.15, 0.2) is 0 Å². The van der Waals surface area contributed by atoms with Crippen molar-refractivity contribution in [2.45, 2.75) is 39.7 Å². The van der Waals surface area contributed by atoms with Crippen molar-refractivity contribution in [2.75, 3.05) is 12.7 Å². The molecule has 0 rings (SSSR count). The van der Waals surface area contributed by atoms with Crippen molar-refractivity contribution in [3.05, 3.63) is 0 Å². The van der Waals surface area contributed by atoms with Crippen LogP contribution in [0.2, 0.25) is 0 Å². The van der Waals surface area contributed by atoms with Gasteiger partial charge in [-0.05, 0) is 19.8 Å². The van der Waals surface area contributed by atoms with Crippen LogP contribution in [0.3, 0.4) is 0 Å². The molecule has 0 aliphatic rings. The Morgan fingerprint density at radius 3 is 2.67 bits per heavy atom. The van der Waals surface area contributed by atoms with Crippen LogP contribution in [0.1, 0.15) is 33.6 Å². The summed E-state index contributed by atoms with van der Waals surface area (Å²) in [7, 11) is -3.48. The highest BCUT2D eigenvalue weighted by atomic mass is 31.2. The zero-order valence-electron chi connectivity index (χ0n) is 9.52. The highest BCUT2D eigenvalue weighted by Gasteiger charge is 2.21. The Balaban J connectivity index is 3.74. The summed E-state index contributed by atoms with van der Waals surface area (Å²) in [6.45, 7) is 5.47. The first kappa shape index (κ1) is 14.6. The minimum atomic E-state index is -3.48. The van der Waals surface area contributed by atoms with E-state index in [2.05, 4.69) is 5.32 Å². The maximum absolute atomic E-state index is 11.4. The van der Waals surface area contributed by atoms with Crippen molar-refractivity contribution in [2.24, 2.45) is 0 Å². The first-order valence-corrected chi connectivity index (χ1v) is 6.88. The summed E-state index contributed by atoms with van der Waals surface area (Å²) < 4.78 is 16.4. The van der Waals surface area contributed by atoms with Crippen molar-refractivity contribution in [3.8, 4) is 0 Å². The molecule has 0 heterocycles. The van der Waals surface area contributed by atoms with Gasteiger partial charge < -0.3 is 14.7 Å². The molecule has 0 saturated heterocycles. The molecule has 0 aliphatic carbocycles. The van der Waals surface area contributed by atoms with Gasteiger partial charge in [-0.1, -0.05) is 6.92 Å². The van der Waals surface area contributed by atoms with Gasteiger partial charge in [-0.15, -0.1) is 0 Å². The van der Waals surface area contributed by atoms with E-state index in [1.807, 2.05) is 6.92 Å². The molecule has 0 fully saturated rings. The zero-order valence-corrected chi connectivity index (χ0v) is 10.4. The highest BCUT2D eigenvalue weighted by molar-refractivity contribution is 7.52. The Morgan fingerprint density at radius 2 is 2.20 bits per heavy atom. The fourth-order valence-corrected chi connectivity index (χ4v) is 2.33. The second-order valence-corrected chi connectivity index (χ2v) is 5.45. The third-order valence-electron chi connectivity index (χ3n) is 1.91. The molecule has 5 nitrogen and oxygen atoms in total. The molecule has 0 spiro atoms. The van der Waals surface area contributed by atoms with E-state index in [-0.39, 0.29) is 18.2 Å². The van der Waals surface area contributed by atoms with Gasteiger partial charge in [0.15, 0.2) is 0 Å². The lowest BCUT2D eigenvalue weighted by Crippen LogP contribution is -2.21. The van der Waals surface area contributed by atoms with Gasteiger partial charge in [0.25, 0.3) is 0 Å². The number of hydrogen-bond donors (Lipinski definition) is 2. The van der Waals surface area contributed by atoms with Gasteiger partial charge in [0.05, 0.1) is 12.3 Å². The topological polar surface area (TPSA) is 75.6 Å².